The predicted molar refractivity (Wildman–Crippen MR) is 76.3 cm³/mol. The van der Waals surface area contributed by atoms with E-state index in [4.69, 9.17) is 0 Å². The molecule has 5 nitrogen and oxygen atoms in total. The van der Waals surface area contributed by atoms with Gasteiger partial charge >= 0.3 is 12.2 Å². The summed E-state index contributed by atoms with van der Waals surface area (Å²) in [5.41, 5.74) is 0.986. The van der Waals surface area contributed by atoms with Crippen LogP contribution < -0.4 is 5.32 Å². The second-order valence-corrected chi connectivity index (χ2v) is 5.72. The Morgan fingerprint density at radius 2 is 2.14 bits per heavy atom. The van der Waals surface area contributed by atoms with Crippen molar-refractivity contribution in [3.63, 3.8) is 0 Å². The molecular formula is C14H21F3N4O. The van der Waals surface area contributed by atoms with Crippen molar-refractivity contribution >= 4 is 6.03 Å². The van der Waals surface area contributed by atoms with Crippen molar-refractivity contribution in [3.8, 4) is 0 Å². The van der Waals surface area contributed by atoms with E-state index in [1.165, 1.54) is 4.90 Å². The van der Waals surface area contributed by atoms with Gasteiger partial charge in [0.1, 0.15) is 0 Å². The SMILES string of the molecule is C[C@@H]1CN(C(=O)NCc2ccn(C)c2)CCN1CC(F)(F)F. The lowest BCUT2D eigenvalue weighted by Crippen LogP contribution is -2.57. The van der Waals surface area contributed by atoms with Crippen molar-refractivity contribution in [1.82, 2.24) is 19.7 Å². The fourth-order valence-corrected chi connectivity index (χ4v) is 2.60. The summed E-state index contributed by atoms with van der Waals surface area (Å²) >= 11 is 0. The standard InChI is InChI=1S/C14H21F3N4O/c1-11-8-20(5-6-21(11)10-14(15,16)17)13(22)18-7-12-3-4-19(2)9-12/h3-4,9,11H,5-8,10H2,1-2H3,(H,18,22)/t11-/m1/s1. The average molecular weight is 318 g/mol. The molecule has 124 valence electrons. The van der Waals surface area contributed by atoms with Crippen molar-refractivity contribution < 1.29 is 18.0 Å². The number of hydrogen-bond acceptors (Lipinski definition) is 2. The molecule has 1 aliphatic rings. The van der Waals surface area contributed by atoms with Gasteiger partial charge in [0.15, 0.2) is 0 Å². The molecule has 1 aromatic heterocycles. The van der Waals surface area contributed by atoms with Gasteiger partial charge in [0, 0.05) is 51.7 Å². The molecule has 1 saturated heterocycles. The van der Waals surface area contributed by atoms with Crippen LogP contribution in [0.5, 0.6) is 0 Å². The second-order valence-electron chi connectivity index (χ2n) is 5.72. The number of halogens is 3. The van der Waals surface area contributed by atoms with Crippen molar-refractivity contribution in [2.45, 2.75) is 25.7 Å². The van der Waals surface area contributed by atoms with Gasteiger partial charge in [-0.05, 0) is 18.6 Å². The number of amides is 2. The fraction of sp³-hybridized carbons (Fsp3) is 0.643. The van der Waals surface area contributed by atoms with Crippen LogP contribution in [0.2, 0.25) is 0 Å². The molecule has 0 unspecified atom stereocenters. The number of alkyl halides is 3. The minimum atomic E-state index is -4.20. The molecule has 0 bridgehead atoms. The first-order chi connectivity index (χ1) is 10.2. The molecule has 1 fully saturated rings. The maximum Gasteiger partial charge on any atom is 0.401 e. The quantitative estimate of drug-likeness (QED) is 0.923. The van der Waals surface area contributed by atoms with E-state index in [0.29, 0.717) is 19.6 Å². The first kappa shape index (κ1) is 16.7. The van der Waals surface area contributed by atoms with E-state index >= 15 is 0 Å². The highest BCUT2D eigenvalue weighted by atomic mass is 19.4. The highest BCUT2D eigenvalue weighted by Gasteiger charge is 2.35. The molecule has 2 rings (SSSR count). The third kappa shape index (κ3) is 4.66. The summed E-state index contributed by atoms with van der Waals surface area (Å²) in [4.78, 5) is 15.0. The van der Waals surface area contributed by atoms with Gasteiger partial charge in [-0.1, -0.05) is 0 Å². The van der Waals surface area contributed by atoms with Crippen molar-refractivity contribution in [1.29, 1.82) is 0 Å². The molecule has 0 aromatic carbocycles. The highest BCUT2D eigenvalue weighted by Crippen LogP contribution is 2.20. The number of aromatic nitrogens is 1. The molecule has 1 atom stereocenters. The Hall–Kier alpha value is -1.70. The Kier molecular flexibility index (Phi) is 5.00. The lowest BCUT2D eigenvalue weighted by molar-refractivity contribution is -0.153. The lowest BCUT2D eigenvalue weighted by Gasteiger charge is -2.39. The highest BCUT2D eigenvalue weighted by molar-refractivity contribution is 5.74. The van der Waals surface area contributed by atoms with Crippen LogP contribution in [0.25, 0.3) is 0 Å². The molecule has 0 saturated carbocycles. The van der Waals surface area contributed by atoms with Crippen LogP contribution in [0.15, 0.2) is 18.5 Å². The van der Waals surface area contributed by atoms with Crippen LogP contribution in [-0.4, -0.2) is 58.8 Å². The van der Waals surface area contributed by atoms with Gasteiger partial charge in [0.2, 0.25) is 0 Å². The van der Waals surface area contributed by atoms with Gasteiger partial charge in [-0.2, -0.15) is 13.2 Å². The molecule has 22 heavy (non-hydrogen) atoms. The Bertz CT molecular complexity index is 514. The normalized spacial score (nSPS) is 20.2. The zero-order valence-corrected chi connectivity index (χ0v) is 12.7. The monoisotopic (exact) mass is 318 g/mol. The van der Waals surface area contributed by atoms with E-state index < -0.39 is 12.7 Å². The van der Waals surface area contributed by atoms with Gasteiger partial charge in [0.05, 0.1) is 6.54 Å². The summed E-state index contributed by atoms with van der Waals surface area (Å²) in [6.07, 6.45) is -0.407. The van der Waals surface area contributed by atoms with Crippen molar-refractivity contribution in [2.24, 2.45) is 7.05 Å². The Labute approximate surface area is 127 Å². The topological polar surface area (TPSA) is 40.5 Å². The van der Waals surface area contributed by atoms with Crippen LogP contribution in [0.4, 0.5) is 18.0 Å². The third-order valence-corrected chi connectivity index (χ3v) is 3.77. The number of nitrogens with zero attached hydrogens (tertiary/aromatic N) is 3. The average Bonchev–Trinajstić information content (AvgIpc) is 2.83. The number of carbonyl (C=O) groups is 1. The van der Waals surface area contributed by atoms with Gasteiger partial charge in [-0.15, -0.1) is 0 Å². The van der Waals surface area contributed by atoms with Crippen LogP contribution in [0.3, 0.4) is 0 Å². The summed E-state index contributed by atoms with van der Waals surface area (Å²) in [5, 5.41) is 2.80. The number of aryl methyl sites for hydroxylation is 1. The molecule has 0 spiro atoms. The van der Waals surface area contributed by atoms with E-state index in [-0.39, 0.29) is 18.6 Å². The zero-order chi connectivity index (χ0) is 16.3. The Morgan fingerprint density at radius 3 is 2.68 bits per heavy atom. The molecule has 1 aliphatic heterocycles. The first-order valence-electron chi connectivity index (χ1n) is 7.19. The second kappa shape index (κ2) is 6.60. The maximum atomic E-state index is 12.4. The summed E-state index contributed by atoms with van der Waals surface area (Å²) in [7, 11) is 1.90. The Morgan fingerprint density at radius 1 is 1.41 bits per heavy atom. The lowest BCUT2D eigenvalue weighted by atomic mass is 10.2. The zero-order valence-electron chi connectivity index (χ0n) is 12.7. The molecule has 0 aliphatic carbocycles. The van der Waals surface area contributed by atoms with Crippen LogP contribution in [-0.2, 0) is 13.6 Å². The van der Waals surface area contributed by atoms with Crippen LogP contribution in [0.1, 0.15) is 12.5 Å². The number of hydrogen-bond donors (Lipinski definition) is 1. The number of nitrogens with one attached hydrogen (secondary N) is 1. The first-order valence-corrected chi connectivity index (χ1v) is 7.19. The summed E-state index contributed by atoms with van der Waals surface area (Å²) < 4.78 is 39.2. The van der Waals surface area contributed by atoms with E-state index in [2.05, 4.69) is 5.32 Å². The largest absolute Gasteiger partial charge is 0.401 e. The molecule has 2 heterocycles. The Balaban J connectivity index is 1.80. The summed E-state index contributed by atoms with van der Waals surface area (Å²) in [5.74, 6) is 0. The van der Waals surface area contributed by atoms with Gasteiger partial charge in [-0.3, -0.25) is 4.90 Å². The van der Waals surface area contributed by atoms with E-state index in [1.807, 2.05) is 30.1 Å². The van der Waals surface area contributed by atoms with Gasteiger partial charge < -0.3 is 14.8 Å². The van der Waals surface area contributed by atoms with Gasteiger partial charge in [0.25, 0.3) is 0 Å². The molecule has 8 heteroatoms. The van der Waals surface area contributed by atoms with Crippen LogP contribution >= 0.6 is 0 Å². The molecule has 0 radical (unpaired) electrons. The van der Waals surface area contributed by atoms with Gasteiger partial charge in [-0.25, -0.2) is 4.79 Å². The third-order valence-electron chi connectivity index (χ3n) is 3.77. The molecular weight excluding hydrogens is 297 g/mol. The summed E-state index contributed by atoms with van der Waals surface area (Å²) in [6, 6.07) is 1.37. The minimum absolute atomic E-state index is 0.234. The predicted octanol–water partition coefficient (Wildman–Crippen LogP) is 1.80. The number of rotatable bonds is 3. The van der Waals surface area contributed by atoms with Crippen molar-refractivity contribution in [2.75, 3.05) is 26.2 Å². The maximum absolute atomic E-state index is 12.4. The van der Waals surface area contributed by atoms with E-state index in [9.17, 15) is 18.0 Å². The minimum Gasteiger partial charge on any atom is -0.357 e. The van der Waals surface area contributed by atoms with Crippen molar-refractivity contribution in [3.05, 3.63) is 24.0 Å². The fourth-order valence-electron chi connectivity index (χ4n) is 2.60. The number of urea groups is 1. The number of carbonyl (C=O) groups excluding carboxylic acids is 1. The smallest absolute Gasteiger partial charge is 0.357 e. The van der Waals surface area contributed by atoms with Crippen LogP contribution in [0, 0.1) is 0 Å². The number of piperazine rings is 1. The summed E-state index contributed by atoms with van der Waals surface area (Å²) in [6.45, 7) is 2.05. The molecule has 1 N–H and O–H groups in total. The molecule has 1 aromatic rings. The van der Waals surface area contributed by atoms with E-state index in [1.54, 1.807) is 11.8 Å². The molecule has 2 amide bonds. The van der Waals surface area contributed by atoms with E-state index in [0.717, 1.165) is 5.56 Å².